The lowest BCUT2D eigenvalue weighted by molar-refractivity contribution is 0.0938. The van der Waals surface area contributed by atoms with E-state index in [-0.39, 0.29) is 11.9 Å². The maximum Gasteiger partial charge on any atom is 0.261 e. The number of carbonyl (C=O) groups is 1. The van der Waals surface area contributed by atoms with Crippen molar-refractivity contribution in [2.24, 2.45) is 0 Å². The molecule has 2 heterocycles. The quantitative estimate of drug-likeness (QED) is 0.645. The van der Waals surface area contributed by atoms with Gasteiger partial charge in [-0.1, -0.05) is 12.1 Å². The number of hydrogen-bond donors (Lipinski definition) is 2. The highest BCUT2D eigenvalue weighted by Gasteiger charge is 2.22. The predicted molar refractivity (Wildman–Crippen MR) is 110 cm³/mol. The summed E-state index contributed by atoms with van der Waals surface area (Å²) in [6, 6.07) is 10.00. The van der Waals surface area contributed by atoms with Crippen LogP contribution in [0.25, 0.3) is 11.0 Å². The van der Waals surface area contributed by atoms with Gasteiger partial charge in [-0.25, -0.2) is 4.98 Å². The Labute approximate surface area is 161 Å². The van der Waals surface area contributed by atoms with Crippen LogP contribution in [0.5, 0.6) is 0 Å². The number of aromatic nitrogens is 2. The number of benzene rings is 1. The number of carbonyl (C=O) groups excluding carboxylic acids is 1. The number of thioether (sulfide) groups is 1. The number of H-pyrrole nitrogens is 1. The largest absolute Gasteiger partial charge is 0.341 e. The second kappa shape index (κ2) is 7.84. The minimum atomic E-state index is -0.0959. The lowest BCUT2D eigenvalue weighted by Crippen LogP contribution is -2.29. The summed E-state index contributed by atoms with van der Waals surface area (Å²) in [5.41, 5.74) is 3.32. The van der Waals surface area contributed by atoms with Gasteiger partial charge in [0.1, 0.15) is 5.82 Å². The molecule has 1 aromatic carbocycles. The highest BCUT2D eigenvalue weighted by atomic mass is 32.2. The van der Waals surface area contributed by atoms with Gasteiger partial charge in [-0.2, -0.15) is 11.8 Å². The van der Waals surface area contributed by atoms with Crippen molar-refractivity contribution in [3.63, 3.8) is 0 Å². The summed E-state index contributed by atoms with van der Waals surface area (Å²) in [5, 5.41) is 3.22. The van der Waals surface area contributed by atoms with E-state index in [1.807, 2.05) is 24.3 Å². The summed E-state index contributed by atoms with van der Waals surface area (Å²) in [6.07, 6.45) is 7.65. The Bertz CT molecular complexity index is 858. The second-order valence-corrected chi connectivity index (χ2v) is 8.84. The van der Waals surface area contributed by atoms with Crippen LogP contribution in [-0.4, -0.2) is 27.9 Å². The first-order chi connectivity index (χ1) is 12.7. The number of para-hydroxylation sites is 2. The number of imidazole rings is 1. The highest BCUT2D eigenvalue weighted by molar-refractivity contribution is 7.98. The van der Waals surface area contributed by atoms with E-state index in [1.54, 1.807) is 23.1 Å². The Hall–Kier alpha value is -1.79. The third kappa shape index (κ3) is 3.67. The number of nitrogens with one attached hydrogen (secondary N) is 2. The van der Waals surface area contributed by atoms with Crippen LogP contribution in [0.4, 0.5) is 0 Å². The maximum absolute atomic E-state index is 12.9. The summed E-state index contributed by atoms with van der Waals surface area (Å²) in [7, 11) is 0. The normalized spacial score (nSPS) is 15.0. The molecule has 1 atom stereocenters. The number of rotatable bonds is 6. The average molecular weight is 386 g/mol. The van der Waals surface area contributed by atoms with Crippen LogP contribution in [0.2, 0.25) is 0 Å². The van der Waals surface area contributed by atoms with E-state index >= 15 is 0 Å². The molecule has 1 amide bonds. The van der Waals surface area contributed by atoms with E-state index in [9.17, 15) is 4.79 Å². The number of aryl methyl sites for hydroxylation is 2. The van der Waals surface area contributed by atoms with Gasteiger partial charge >= 0.3 is 0 Å². The molecular formula is C20H23N3OS2. The van der Waals surface area contributed by atoms with Gasteiger partial charge in [0.2, 0.25) is 0 Å². The molecule has 26 heavy (non-hydrogen) atoms. The molecule has 0 aliphatic heterocycles. The van der Waals surface area contributed by atoms with Gasteiger partial charge in [-0.05, 0) is 67.9 Å². The summed E-state index contributed by atoms with van der Waals surface area (Å²) < 4.78 is 0. The fourth-order valence-corrected chi connectivity index (χ4v) is 5.11. The fourth-order valence-electron chi connectivity index (χ4n) is 3.48. The van der Waals surface area contributed by atoms with E-state index in [0.717, 1.165) is 46.8 Å². The predicted octanol–water partition coefficient (Wildman–Crippen LogP) is 4.73. The Morgan fingerprint density at radius 3 is 3.00 bits per heavy atom. The minimum Gasteiger partial charge on any atom is -0.341 e. The van der Waals surface area contributed by atoms with Crippen LogP contribution >= 0.6 is 23.1 Å². The molecule has 1 aliphatic rings. The first kappa shape index (κ1) is 17.6. The monoisotopic (exact) mass is 385 g/mol. The number of thiophene rings is 1. The summed E-state index contributed by atoms with van der Waals surface area (Å²) in [4.78, 5) is 23.2. The Kier molecular flexibility index (Phi) is 5.31. The number of amides is 1. The van der Waals surface area contributed by atoms with E-state index < -0.39 is 0 Å². The molecular weight excluding hydrogens is 362 g/mol. The van der Waals surface area contributed by atoms with Gasteiger partial charge in [0, 0.05) is 4.88 Å². The van der Waals surface area contributed by atoms with Crippen molar-refractivity contribution in [1.82, 2.24) is 15.3 Å². The van der Waals surface area contributed by atoms with Crippen LogP contribution in [0.1, 0.15) is 51.2 Å². The topological polar surface area (TPSA) is 57.8 Å². The third-order valence-corrected chi connectivity index (χ3v) is 6.75. The lowest BCUT2D eigenvalue weighted by Gasteiger charge is -2.15. The van der Waals surface area contributed by atoms with Gasteiger partial charge in [0.15, 0.2) is 0 Å². The summed E-state index contributed by atoms with van der Waals surface area (Å²) in [6.45, 7) is 0. The van der Waals surface area contributed by atoms with Crippen molar-refractivity contribution in [1.29, 1.82) is 0 Å². The molecule has 2 N–H and O–H groups in total. The molecule has 1 aliphatic carbocycles. The standard InChI is InChI=1S/C20H23N3OS2/c1-25-11-10-16(19-21-14-7-3-4-8-15(14)22-19)23-20(24)18-12-13-6-2-5-9-17(13)26-18/h3-4,7-8,12,16H,2,5-6,9-11H2,1H3,(H,21,22)(H,23,24). The zero-order valence-electron chi connectivity index (χ0n) is 14.9. The fraction of sp³-hybridized carbons (Fsp3) is 0.400. The number of fused-ring (bicyclic) bond motifs is 2. The summed E-state index contributed by atoms with van der Waals surface area (Å²) >= 11 is 3.45. The molecule has 4 nitrogen and oxygen atoms in total. The van der Waals surface area contributed by atoms with Crippen LogP contribution in [-0.2, 0) is 12.8 Å². The third-order valence-electron chi connectivity index (χ3n) is 4.87. The lowest BCUT2D eigenvalue weighted by atomic mass is 9.99. The van der Waals surface area contributed by atoms with E-state index in [1.165, 1.54) is 23.3 Å². The number of hydrogen-bond acceptors (Lipinski definition) is 4. The second-order valence-electron chi connectivity index (χ2n) is 6.71. The molecule has 0 bridgehead atoms. The van der Waals surface area contributed by atoms with E-state index in [2.05, 4.69) is 22.6 Å². The molecule has 0 radical (unpaired) electrons. The van der Waals surface area contributed by atoms with Crippen molar-refractivity contribution in [3.8, 4) is 0 Å². The Morgan fingerprint density at radius 1 is 1.35 bits per heavy atom. The van der Waals surface area contributed by atoms with Crippen LogP contribution in [0.3, 0.4) is 0 Å². The molecule has 0 fully saturated rings. The van der Waals surface area contributed by atoms with Crippen molar-refractivity contribution < 1.29 is 4.79 Å². The summed E-state index contributed by atoms with van der Waals surface area (Å²) in [5.74, 6) is 1.84. The van der Waals surface area contributed by atoms with Crippen molar-refractivity contribution in [3.05, 3.63) is 51.5 Å². The first-order valence-electron chi connectivity index (χ1n) is 9.10. The molecule has 136 valence electrons. The molecule has 3 aromatic rings. The molecule has 4 rings (SSSR count). The molecule has 1 unspecified atom stereocenters. The SMILES string of the molecule is CSCCC(NC(=O)c1cc2c(s1)CCCC2)c1nc2ccccc2[nH]1. The smallest absolute Gasteiger partial charge is 0.261 e. The maximum atomic E-state index is 12.9. The van der Waals surface area contributed by atoms with Gasteiger partial charge in [-0.3, -0.25) is 4.79 Å². The van der Waals surface area contributed by atoms with Crippen LogP contribution in [0.15, 0.2) is 30.3 Å². The van der Waals surface area contributed by atoms with E-state index in [4.69, 9.17) is 4.98 Å². The van der Waals surface area contributed by atoms with E-state index in [0.29, 0.717) is 0 Å². The van der Waals surface area contributed by atoms with Gasteiger partial charge in [0.25, 0.3) is 5.91 Å². The minimum absolute atomic E-state index is 0.0240. The van der Waals surface area contributed by atoms with Gasteiger partial charge < -0.3 is 10.3 Å². The molecule has 0 saturated heterocycles. The van der Waals surface area contributed by atoms with Crippen LogP contribution in [0, 0.1) is 0 Å². The van der Waals surface area contributed by atoms with Crippen molar-refractivity contribution in [2.75, 3.05) is 12.0 Å². The molecule has 0 spiro atoms. The number of nitrogens with zero attached hydrogens (tertiary/aromatic N) is 1. The van der Waals surface area contributed by atoms with Crippen molar-refractivity contribution >= 4 is 40.0 Å². The van der Waals surface area contributed by atoms with Gasteiger partial charge in [-0.15, -0.1) is 11.3 Å². The van der Waals surface area contributed by atoms with Crippen molar-refractivity contribution in [2.45, 2.75) is 38.1 Å². The van der Waals surface area contributed by atoms with Crippen LogP contribution < -0.4 is 5.32 Å². The molecule has 2 aromatic heterocycles. The molecule has 6 heteroatoms. The zero-order valence-corrected chi connectivity index (χ0v) is 16.5. The zero-order chi connectivity index (χ0) is 17.9. The Morgan fingerprint density at radius 2 is 2.19 bits per heavy atom. The number of aromatic amines is 1. The highest BCUT2D eigenvalue weighted by Crippen LogP contribution is 2.30. The van der Waals surface area contributed by atoms with Gasteiger partial charge in [0.05, 0.1) is 22.0 Å². The molecule has 0 saturated carbocycles. The first-order valence-corrected chi connectivity index (χ1v) is 11.3. The average Bonchev–Trinajstić information content (AvgIpc) is 3.28. The Balaban J connectivity index is 1.56.